The summed E-state index contributed by atoms with van der Waals surface area (Å²) in [7, 11) is 0. The number of carbonyl (C=O) groups is 3. The summed E-state index contributed by atoms with van der Waals surface area (Å²) in [6, 6.07) is 8.81. The molecule has 4 rings (SSSR count). The molecule has 6 heteroatoms. The number of nitrogens with zero attached hydrogens (tertiary/aromatic N) is 1. The summed E-state index contributed by atoms with van der Waals surface area (Å²) in [5, 5.41) is 1.35. The van der Waals surface area contributed by atoms with Gasteiger partial charge in [0.05, 0.1) is 6.10 Å². The number of hydrogen-bond acceptors (Lipinski definition) is 5. The fourth-order valence-corrected chi connectivity index (χ4v) is 3.95. The van der Waals surface area contributed by atoms with E-state index in [1.165, 1.54) is 13.3 Å². The maximum atomic E-state index is 12.9. The molecule has 0 unspecified atom stereocenters. The third kappa shape index (κ3) is 3.50. The van der Waals surface area contributed by atoms with Crippen LogP contribution in [-0.2, 0) is 9.53 Å². The molecule has 29 heavy (non-hydrogen) atoms. The number of ether oxygens (including phenoxy) is 2. The lowest BCUT2D eigenvalue weighted by molar-refractivity contribution is -0.141. The van der Waals surface area contributed by atoms with E-state index in [1.807, 2.05) is 6.07 Å². The molecule has 1 fully saturated rings. The van der Waals surface area contributed by atoms with Crippen LogP contribution in [0.5, 0.6) is 5.75 Å². The average molecular weight is 393 g/mol. The van der Waals surface area contributed by atoms with Crippen molar-refractivity contribution in [3.8, 4) is 5.75 Å². The summed E-state index contributed by atoms with van der Waals surface area (Å²) >= 11 is 0. The van der Waals surface area contributed by atoms with E-state index in [0.29, 0.717) is 22.3 Å². The highest BCUT2D eigenvalue weighted by molar-refractivity contribution is 6.26. The SMILES string of the molecule is C=C(C)C(=O)OCN1C(=O)c2cccc3c(OC4CCCCC4)ccc(c23)C1=O. The quantitative estimate of drug-likeness (QED) is 0.432. The third-order valence-corrected chi connectivity index (χ3v) is 5.47. The van der Waals surface area contributed by atoms with E-state index in [1.54, 1.807) is 24.3 Å². The maximum absolute atomic E-state index is 12.9. The molecule has 0 saturated heterocycles. The van der Waals surface area contributed by atoms with Crippen LogP contribution in [0.2, 0.25) is 0 Å². The summed E-state index contributed by atoms with van der Waals surface area (Å²) in [6.07, 6.45) is 5.74. The fourth-order valence-electron chi connectivity index (χ4n) is 3.95. The van der Waals surface area contributed by atoms with Crippen LogP contribution in [0.3, 0.4) is 0 Å². The van der Waals surface area contributed by atoms with Crippen molar-refractivity contribution in [3.63, 3.8) is 0 Å². The largest absolute Gasteiger partial charge is 0.490 e. The van der Waals surface area contributed by atoms with E-state index >= 15 is 0 Å². The zero-order valence-electron chi connectivity index (χ0n) is 16.4. The summed E-state index contributed by atoms with van der Waals surface area (Å²) < 4.78 is 11.3. The highest BCUT2D eigenvalue weighted by Crippen LogP contribution is 2.37. The molecule has 0 bridgehead atoms. The Morgan fingerprint density at radius 3 is 2.45 bits per heavy atom. The van der Waals surface area contributed by atoms with Gasteiger partial charge >= 0.3 is 5.97 Å². The molecule has 0 aromatic heterocycles. The van der Waals surface area contributed by atoms with E-state index in [4.69, 9.17) is 9.47 Å². The lowest BCUT2D eigenvalue weighted by Gasteiger charge is -2.28. The van der Waals surface area contributed by atoms with E-state index in [9.17, 15) is 14.4 Å². The van der Waals surface area contributed by atoms with Gasteiger partial charge in [0.15, 0.2) is 6.73 Å². The number of benzene rings is 2. The van der Waals surface area contributed by atoms with Gasteiger partial charge in [-0.25, -0.2) is 9.69 Å². The van der Waals surface area contributed by atoms with E-state index in [-0.39, 0.29) is 11.7 Å². The standard InChI is InChI=1S/C23H23NO5/c1-14(2)23(27)28-13-24-21(25)17-10-6-9-16-19(29-15-7-4-3-5-8-15)12-11-18(20(16)17)22(24)26/h6,9-12,15H,1,3-5,7-8,13H2,2H3. The molecule has 0 spiro atoms. The van der Waals surface area contributed by atoms with Gasteiger partial charge in [-0.3, -0.25) is 9.59 Å². The van der Waals surface area contributed by atoms with E-state index in [0.717, 1.165) is 36.0 Å². The minimum absolute atomic E-state index is 0.161. The van der Waals surface area contributed by atoms with Gasteiger partial charge < -0.3 is 9.47 Å². The Kier molecular flexibility index (Phi) is 5.09. The third-order valence-electron chi connectivity index (χ3n) is 5.47. The number of carbonyl (C=O) groups excluding carboxylic acids is 3. The molecule has 1 saturated carbocycles. The van der Waals surface area contributed by atoms with Crippen LogP contribution in [0.4, 0.5) is 0 Å². The van der Waals surface area contributed by atoms with Gasteiger partial charge in [-0.2, -0.15) is 0 Å². The molecular formula is C23H23NO5. The summed E-state index contributed by atoms with van der Waals surface area (Å²) in [5.74, 6) is -0.930. The van der Waals surface area contributed by atoms with Crippen LogP contribution < -0.4 is 4.74 Å². The van der Waals surface area contributed by atoms with Crippen molar-refractivity contribution in [2.24, 2.45) is 0 Å². The zero-order valence-corrected chi connectivity index (χ0v) is 16.4. The number of imide groups is 1. The van der Waals surface area contributed by atoms with Gasteiger partial charge in [-0.05, 0) is 50.8 Å². The van der Waals surface area contributed by atoms with Crippen LogP contribution in [0, 0.1) is 0 Å². The van der Waals surface area contributed by atoms with Crippen LogP contribution in [0.25, 0.3) is 10.8 Å². The molecular weight excluding hydrogens is 370 g/mol. The average Bonchev–Trinajstić information content (AvgIpc) is 2.73. The normalized spacial score (nSPS) is 16.8. The van der Waals surface area contributed by atoms with Gasteiger partial charge in [0, 0.05) is 27.5 Å². The van der Waals surface area contributed by atoms with Crippen molar-refractivity contribution < 1.29 is 23.9 Å². The number of rotatable bonds is 5. The Bertz CT molecular complexity index is 997. The first-order valence-corrected chi connectivity index (χ1v) is 9.88. The number of esters is 1. The molecule has 0 N–H and O–H groups in total. The molecule has 1 aliphatic carbocycles. The molecule has 1 aliphatic heterocycles. The summed E-state index contributed by atoms with van der Waals surface area (Å²) in [5.41, 5.74) is 1.00. The second-order valence-electron chi connectivity index (χ2n) is 7.60. The number of hydrogen-bond donors (Lipinski definition) is 0. The minimum Gasteiger partial charge on any atom is -0.490 e. The Balaban J connectivity index is 1.68. The van der Waals surface area contributed by atoms with Crippen molar-refractivity contribution in [2.75, 3.05) is 6.73 Å². The Labute approximate surface area is 169 Å². The van der Waals surface area contributed by atoms with Gasteiger partial charge in [-0.15, -0.1) is 0 Å². The molecule has 2 amide bonds. The second kappa shape index (κ2) is 7.70. The highest BCUT2D eigenvalue weighted by atomic mass is 16.5. The monoisotopic (exact) mass is 393 g/mol. The second-order valence-corrected chi connectivity index (χ2v) is 7.60. The molecule has 1 heterocycles. The predicted molar refractivity (Wildman–Crippen MR) is 108 cm³/mol. The van der Waals surface area contributed by atoms with Gasteiger partial charge in [0.1, 0.15) is 5.75 Å². The van der Waals surface area contributed by atoms with Crippen molar-refractivity contribution in [1.29, 1.82) is 0 Å². The topological polar surface area (TPSA) is 72.9 Å². The molecule has 2 aromatic carbocycles. The van der Waals surface area contributed by atoms with Crippen LogP contribution >= 0.6 is 0 Å². The first-order chi connectivity index (χ1) is 14.0. The van der Waals surface area contributed by atoms with E-state index < -0.39 is 24.5 Å². The van der Waals surface area contributed by atoms with Crippen LogP contribution in [0.15, 0.2) is 42.5 Å². The fraction of sp³-hybridized carbons (Fsp3) is 0.348. The summed E-state index contributed by atoms with van der Waals surface area (Å²) in [4.78, 5) is 38.5. The highest BCUT2D eigenvalue weighted by Gasteiger charge is 2.34. The van der Waals surface area contributed by atoms with E-state index in [2.05, 4.69) is 6.58 Å². The summed E-state index contributed by atoms with van der Waals surface area (Å²) in [6.45, 7) is 4.57. The Morgan fingerprint density at radius 1 is 1.07 bits per heavy atom. The lowest BCUT2D eigenvalue weighted by Crippen LogP contribution is -2.42. The zero-order chi connectivity index (χ0) is 20.5. The van der Waals surface area contributed by atoms with Crippen molar-refractivity contribution in [3.05, 3.63) is 53.6 Å². The van der Waals surface area contributed by atoms with Crippen LogP contribution in [0.1, 0.15) is 59.7 Å². The van der Waals surface area contributed by atoms with Crippen LogP contribution in [-0.4, -0.2) is 35.5 Å². The van der Waals surface area contributed by atoms with Gasteiger partial charge in [0.25, 0.3) is 11.8 Å². The van der Waals surface area contributed by atoms with Gasteiger partial charge in [-0.1, -0.05) is 25.1 Å². The molecule has 0 atom stereocenters. The lowest BCUT2D eigenvalue weighted by atomic mass is 9.93. The molecule has 150 valence electrons. The Morgan fingerprint density at radius 2 is 1.76 bits per heavy atom. The Hall–Kier alpha value is -3.15. The smallest absolute Gasteiger partial charge is 0.334 e. The van der Waals surface area contributed by atoms with Crippen molar-refractivity contribution in [1.82, 2.24) is 4.90 Å². The first kappa shape index (κ1) is 19.2. The first-order valence-electron chi connectivity index (χ1n) is 9.88. The molecule has 2 aromatic rings. The maximum Gasteiger partial charge on any atom is 0.334 e. The number of amides is 2. The predicted octanol–water partition coefficient (Wildman–Crippen LogP) is 4.22. The molecule has 0 radical (unpaired) electrons. The van der Waals surface area contributed by atoms with Crippen molar-refractivity contribution >= 4 is 28.6 Å². The van der Waals surface area contributed by atoms with Crippen molar-refractivity contribution in [2.45, 2.75) is 45.1 Å². The van der Waals surface area contributed by atoms with Gasteiger partial charge in [0.2, 0.25) is 0 Å². The molecule has 2 aliphatic rings. The molecule has 6 nitrogen and oxygen atoms in total. The minimum atomic E-state index is -0.647.